The van der Waals surface area contributed by atoms with Gasteiger partial charge in [0.05, 0.1) is 5.94 Å². The summed E-state index contributed by atoms with van der Waals surface area (Å²) in [5, 5.41) is 34.8. The molecule has 1 aromatic carbocycles. The molecule has 14 heteroatoms. The van der Waals surface area contributed by atoms with Crippen molar-refractivity contribution in [2.24, 2.45) is 5.16 Å². The van der Waals surface area contributed by atoms with Crippen LogP contribution in [0.3, 0.4) is 0 Å². The van der Waals surface area contributed by atoms with Crippen molar-refractivity contribution in [1.29, 1.82) is 0 Å². The third kappa shape index (κ3) is 3.46. The zero-order valence-corrected chi connectivity index (χ0v) is 14.5. The van der Waals surface area contributed by atoms with Crippen LogP contribution in [0.25, 0.3) is 0 Å². The third-order valence-corrected chi connectivity index (χ3v) is 4.57. The van der Waals surface area contributed by atoms with E-state index in [0.717, 1.165) is 11.3 Å². The maximum absolute atomic E-state index is 14.1. The van der Waals surface area contributed by atoms with Gasteiger partial charge in [0.25, 0.3) is 5.91 Å². The summed E-state index contributed by atoms with van der Waals surface area (Å²) in [6.45, 7) is 0. The summed E-state index contributed by atoms with van der Waals surface area (Å²) in [5.74, 6) is -7.20. The summed E-state index contributed by atoms with van der Waals surface area (Å²) in [6, 6.07) is 0.436. The van der Waals surface area contributed by atoms with Crippen molar-refractivity contribution in [3.63, 3.8) is 0 Å². The second-order valence-corrected chi connectivity index (χ2v) is 6.53. The Bertz CT molecular complexity index is 1000. The van der Waals surface area contributed by atoms with Crippen molar-refractivity contribution in [3.05, 3.63) is 39.9 Å². The minimum absolute atomic E-state index is 0.0421. The fourth-order valence-corrected chi connectivity index (χ4v) is 3.18. The van der Waals surface area contributed by atoms with E-state index < -0.39 is 65.6 Å². The molecule has 1 amide bonds. The molecule has 0 fully saturated rings. The molecule has 0 aliphatic carbocycles. The Kier molecular flexibility index (Phi) is 5.15. The number of hydrogen-bond acceptors (Lipinski definition) is 9. The maximum Gasteiger partial charge on any atom is 0.547 e. The van der Waals surface area contributed by atoms with Crippen molar-refractivity contribution in [1.82, 2.24) is 10.3 Å². The van der Waals surface area contributed by atoms with Crippen LogP contribution in [0.2, 0.25) is 0 Å². The van der Waals surface area contributed by atoms with Gasteiger partial charge in [-0.2, -0.15) is 0 Å². The molecule has 6 N–H and O–H groups in total. The molecule has 1 aliphatic rings. The monoisotopic (exact) mass is 412 g/mol. The highest BCUT2D eigenvalue weighted by Crippen LogP contribution is 2.34. The van der Waals surface area contributed by atoms with E-state index in [1.165, 1.54) is 5.38 Å². The second-order valence-electron chi connectivity index (χ2n) is 5.64. The van der Waals surface area contributed by atoms with Crippen molar-refractivity contribution in [2.75, 3.05) is 5.73 Å². The van der Waals surface area contributed by atoms with Gasteiger partial charge in [-0.25, -0.2) is 18.6 Å². The molecule has 3 rings (SSSR count). The standard InChI is InChI=1S/C14H11BF2N4O6S/c16-6-1-5(13(23)24)11-4(9(6)17)2-8(15(25)27-11)20-12(22)10(21-26)7-3-28-14(18)19-7/h1,3,8,25-26H,2H2,(H2,18,19)(H,20,22)(H,23,24). The van der Waals surface area contributed by atoms with E-state index in [2.05, 4.69) is 15.5 Å². The molecule has 0 radical (unpaired) electrons. The average molecular weight is 412 g/mol. The number of nitrogens with two attached hydrogens (primary N) is 1. The highest BCUT2D eigenvalue weighted by atomic mass is 32.1. The van der Waals surface area contributed by atoms with Crippen LogP contribution in [-0.4, -0.2) is 51.0 Å². The first-order chi connectivity index (χ1) is 13.2. The fraction of sp³-hybridized carbons (Fsp3) is 0.143. The normalized spacial score (nSPS) is 16.3. The van der Waals surface area contributed by atoms with E-state index in [4.69, 9.17) is 20.7 Å². The first-order valence-corrected chi connectivity index (χ1v) is 8.44. The van der Waals surface area contributed by atoms with Gasteiger partial charge >= 0.3 is 13.1 Å². The van der Waals surface area contributed by atoms with Gasteiger partial charge < -0.3 is 31.0 Å². The van der Waals surface area contributed by atoms with E-state index in [1.807, 2.05) is 0 Å². The Balaban J connectivity index is 1.88. The van der Waals surface area contributed by atoms with Crippen LogP contribution in [-0.2, 0) is 11.2 Å². The predicted octanol–water partition coefficient (Wildman–Crippen LogP) is 0.0196. The number of carbonyl (C=O) groups is 2. The van der Waals surface area contributed by atoms with Crippen LogP contribution in [0, 0.1) is 11.6 Å². The van der Waals surface area contributed by atoms with Gasteiger partial charge in [0.2, 0.25) is 0 Å². The number of aromatic nitrogens is 1. The Morgan fingerprint density at radius 3 is 2.75 bits per heavy atom. The summed E-state index contributed by atoms with van der Waals surface area (Å²) in [6.07, 6.45) is -0.482. The summed E-state index contributed by atoms with van der Waals surface area (Å²) in [7, 11) is -1.78. The van der Waals surface area contributed by atoms with E-state index in [-0.39, 0.29) is 10.8 Å². The molecule has 2 aromatic rings. The molecule has 10 nitrogen and oxygen atoms in total. The Morgan fingerprint density at radius 2 is 2.18 bits per heavy atom. The molecule has 0 saturated heterocycles. The molecule has 0 spiro atoms. The SMILES string of the molecule is Nc1nc(C(=NO)C(=O)NC2Cc3c(F)c(F)cc(C(=O)O)c3OB2O)cs1. The molecule has 1 aliphatic heterocycles. The number of thiazole rings is 1. The lowest BCUT2D eigenvalue weighted by Gasteiger charge is -2.29. The first-order valence-electron chi connectivity index (χ1n) is 7.56. The lowest BCUT2D eigenvalue weighted by atomic mass is 9.72. The number of nitrogens with zero attached hydrogens (tertiary/aromatic N) is 2. The van der Waals surface area contributed by atoms with E-state index in [1.54, 1.807) is 0 Å². The van der Waals surface area contributed by atoms with Crippen LogP contribution in [0.1, 0.15) is 21.6 Å². The summed E-state index contributed by atoms with van der Waals surface area (Å²) in [4.78, 5) is 27.3. The van der Waals surface area contributed by atoms with Crippen LogP contribution in [0.5, 0.6) is 5.75 Å². The number of carboxylic acids is 1. The number of carbonyl (C=O) groups excluding carboxylic acids is 1. The molecule has 0 saturated carbocycles. The number of rotatable bonds is 4. The number of nitrogens with one attached hydrogen (secondary N) is 1. The van der Waals surface area contributed by atoms with Gasteiger partial charge in [0, 0.05) is 10.9 Å². The zero-order chi connectivity index (χ0) is 20.6. The molecule has 1 unspecified atom stereocenters. The van der Waals surface area contributed by atoms with Gasteiger partial charge in [-0.05, 0) is 12.5 Å². The van der Waals surface area contributed by atoms with Crippen LogP contribution in [0.4, 0.5) is 13.9 Å². The topological polar surface area (TPSA) is 167 Å². The van der Waals surface area contributed by atoms with Gasteiger partial charge in [-0.1, -0.05) is 5.16 Å². The summed E-state index contributed by atoms with van der Waals surface area (Å²) >= 11 is 0.984. The van der Waals surface area contributed by atoms with Gasteiger partial charge in [0.15, 0.2) is 22.5 Å². The molecule has 2 heterocycles. The quantitative estimate of drug-likeness (QED) is 0.203. The zero-order valence-electron chi connectivity index (χ0n) is 13.7. The van der Waals surface area contributed by atoms with Crippen molar-refractivity contribution < 1.29 is 38.4 Å². The number of aromatic carboxylic acids is 1. The number of amides is 1. The van der Waals surface area contributed by atoms with Gasteiger partial charge in [0.1, 0.15) is 17.0 Å². The number of anilines is 1. The smallest absolute Gasteiger partial charge is 0.534 e. The predicted molar refractivity (Wildman–Crippen MR) is 92.4 cm³/mol. The minimum Gasteiger partial charge on any atom is -0.534 e. The molecule has 146 valence electrons. The van der Waals surface area contributed by atoms with Crippen molar-refractivity contribution >= 4 is 41.2 Å². The van der Waals surface area contributed by atoms with E-state index in [9.17, 15) is 23.4 Å². The van der Waals surface area contributed by atoms with Crippen LogP contribution >= 0.6 is 11.3 Å². The van der Waals surface area contributed by atoms with Crippen LogP contribution in [0.15, 0.2) is 16.6 Å². The Morgan fingerprint density at radius 1 is 1.46 bits per heavy atom. The number of carboxylic acid groups (broad SMARTS) is 1. The minimum atomic E-state index is -1.78. The van der Waals surface area contributed by atoms with E-state index >= 15 is 0 Å². The molecule has 0 bridgehead atoms. The van der Waals surface area contributed by atoms with Crippen molar-refractivity contribution in [3.8, 4) is 5.75 Å². The molecular formula is C14H11BF2N4O6S. The Hall–Kier alpha value is -3.26. The summed E-state index contributed by atoms with van der Waals surface area (Å²) in [5.41, 5.74) is 3.74. The molecular weight excluding hydrogens is 401 g/mol. The lowest BCUT2D eigenvalue weighted by molar-refractivity contribution is -0.115. The molecule has 1 atom stereocenters. The number of fused-ring (bicyclic) bond motifs is 1. The number of oxime groups is 1. The molecule has 28 heavy (non-hydrogen) atoms. The lowest BCUT2D eigenvalue weighted by Crippen LogP contribution is -2.55. The molecule has 1 aromatic heterocycles. The highest BCUT2D eigenvalue weighted by Gasteiger charge is 2.41. The number of halogens is 2. The van der Waals surface area contributed by atoms with Gasteiger partial charge in [-0.15, -0.1) is 11.3 Å². The van der Waals surface area contributed by atoms with Crippen molar-refractivity contribution in [2.45, 2.75) is 12.4 Å². The highest BCUT2D eigenvalue weighted by molar-refractivity contribution is 7.13. The first kappa shape index (κ1) is 19.5. The van der Waals surface area contributed by atoms with Gasteiger partial charge in [-0.3, -0.25) is 4.79 Å². The van der Waals surface area contributed by atoms with E-state index in [0.29, 0.717) is 6.07 Å². The number of benzene rings is 1. The number of hydrogen-bond donors (Lipinski definition) is 5. The maximum atomic E-state index is 14.1. The largest absolute Gasteiger partial charge is 0.547 e. The number of nitrogen functional groups attached to an aromatic ring is 1. The fourth-order valence-electron chi connectivity index (χ4n) is 2.63. The van der Waals surface area contributed by atoms with Crippen LogP contribution < -0.4 is 15.7 Å². The second kappa shape index (κ2) is 7.40. The Labute approximate surface area is 159 Å². The third-order valence-electron chi connectivity index (χ3n) is 3.90. The summed E-state index contributed by atoms with van der Waals surface area (Å²) < 4.78 is 32.8. The average Bonchev–Trinajstić information content (AvgIpc) is 3.05.